The molecule has 7 nitrogen and oxygen atoms in total. The van der Waals surface area contributed by atoms with Crippen LogP contribution >= 0.6 is 0 Å². The standard InChI is InChI=1S/C20H24N6O/c1-14-5-7-17(8-6-14)24-20(27)26-19-23-15(2)12-18(25-19)22-10-3-4-16-9-11-21-13-16/h5-9,11-13,21H,3-4,10H2,1-2H3,(H3,22,23,24,25,26,27). The summed E-state index contributed by atoms with van der Waals surface area (Å²) < 4.78 is 0. The molecule has 4 N–H and O–H groups in total. The van der Waals surface area contributed by atoms with Crippen molar-refractivity contribution in [3.8, 4) is 0 Å². The molecule has 3 rings (SSSR count). The molecule has 0 aliphatic carbocycles. The molecule has 0 spiro atoms. The third-order valence-corrected chi connectivity index (χ3v) is 4.00. The Morgan fingerprint density at radius 2 is 1.89 bits per heavy atom. The molecule has 0 aliphatic heterocycles. The van der Waals surface area contributed by atoms with Crippen LogP contribution in [0.1, 0.15) is 23.2 Å². The molecule has 3 aromatic rings. The van der Waals surface area contributed by atoms with E-state index in [1.165, 1.54) is 5.56 Å². The quantitative estimate of drug-likeness (QED) is 0.475. The molecule has 0 bridgehead atoms. The number of urea groups is 1. The molecular weight excluding hydrogens is 340 g/mol. The second-order valence-electron chi connectivity index (χ2n) is 6.41. The minimum absolute atomic E-state index is 0.271. The van der Waals surface area contributed by atoms with Crippen molar-refractivity contribution in [1.82, 2.24) is 15.0 Å². The van der Waals surface area contributed by atoms with Crippen LogP contribution in [0.5, 0.6) is 0 Å². The van der Waals surface area contributed by atoms with Gasteiger partial charge in [0.15, 0.2) is 0 Å². The highest BCUT2D eigenvalue weighted by Gasteiger charge is 2.07. The van der Waals surface area contributed by atoms with Crippen LogP contribution in [0.25, 0.3) is 0 Å². The fraction of sp³-hybridized carbons (Fsp3) is 0.250. The van der Waals surface area contributed by atoms with Crippen molar-refractivity contribution in [3.05, 3.63) is 65.6 Å². The molecule has 0 fully saturated rings. The summed E-state index contributed by atoms with van der Waals surface area (Å²) >= 11 is 0. The number of H-pyrrole nitrogens is 1. The molecule has 2 heterocycles. The first kappa shape index (κ1) is 18.4. The Morgan fingerprint density at radius 3 is 2.63 bits per heavy atom. The number of carbonyl (C=O) groups is 1. The first-order valence-electron chi connectivity index (χ1n) is 8.94. The van der Waals surface area contributed by atoms with Gasteiger partial charge in [-0.25, -0.2) is 9.78 Å². The molecule has 2 aromatic heterocycles. The van der Waals surface area contributed by atoms with Gasteiger partial charge in [-0.2, -0.15) is 4.98 Å². The van der Waals surface area contributed by atoms with Gasteiger partial charge in [-0.15, -0.1) is 0 Å². The summed E-state index contributed by atoms with van der Waals surface area (Å²) in [5.41, 5.74) is 3.92. The number of nitrogens with zero attached hydrogens (tertiary/aromatic N) is 2. The molecule has 0 atom stereocenters. The van der Waals surface area contributed by atoms with E-state index in [0.717, 1.165) is 30.6 Å². The van der Waals surface area contributed by atoms with E-state index in [9.17, 15) is 4.79 Å². The second kappa shape index (κ2) is 8.84. The van der Waals surface area contributed by atoms with Gasteiger partial charge in [-0.1, -0.05) is 17.7 Å². The number of hydrogen-bond donors (Lipinski definition) is 4. The Balaban J connectivity index is 1.52. The number of nitrogens with one attached hydrogen (secondary N) is 4. The largest absolute Gasteiger partial charge is 0.370 e. The van der Waals surface area contributed by atoms with Gasteiger partial charge in [0.25, 0.3) is 0 Å². The van der Waals surface area contributed by atoms with Gasteiger partial charge in [-0.3, -0.25) is 5.32 Å². The number of aromatic amines is 1. The third-order valence-electron chi connectivity index (χ3n) is 4.00. The second-order valence-corrected chi connectivity index (χ2v) is 6.41. The van der Waals surface area contributed by atoms with Crippen LogP contribution in [-0.2, 0) is 6.42 Å². The molecular formula is C20H24N6O. The predicted molar refractivity (Wildman–Crippen MR) is 108 cm³/mol. The van der Waals surface area contributed by atoms with Crippen LogP contribution in [0.3, 0.4) is 0 Å². The zero-order valence-corrected chi connectivity index (χ0v) is 15.5. The fourth-order valence-corrected chi connectivity index (χ4v) is 2.64. The molecule has 0 radical (unpaired) electrons. The normalized spacial score (nSPS) is 10.4. The van der Waals surface area contributed by atoms with Crippen LogP contribution in [0.15, 0.2) is 48.8 Å². The van der Waals surface area contributed by atoms with E-state index in [0.29, 0.717) is 11.5 Å². The van der Waals surface area contributed by atoms with Crippen LogP contribution in [0.4, 0.5) is 22.2 Å². The van der Waals surface area contributed by atoms with Crippen molar-refractivity contribution in [2.24, 2.45) is 0 Å². The summed E-state index contributed by atoms with van der Waals surface area (Å²) in [6.07, 6.45) is 5.90. The van der Waals surface area contributed by atoms with Crippen molar-refractivity contribution < 1.29 is 4.79 Å². The topological polar surface area (TPSA) is 94.7 Å². The summed E-state index contributed by atoms with van der Waals surface area (Å²) in [4.78, 5) is 23.8. The number of anilines is 3. The van der Waals surface area contributed by atoms with Crippen LogP contribution in [0, 0.1) is 13.8 Å². The molecule has 2 amide bonds. The SMILES string of the molecule is Cc1ccc(NC(=O)Nc2nc(C)cc(NCCCc3cc[nH]c3)n2)cc1. The minimum Gasteiger partial charge on any atom is -0.370 e. The van der Waals surface area contributed by atoms with E-state index in [1.54, 1.807) is 0 Å². The summed E-state index contributed by atoms with van der Waals surface area (Å²) in [6, 6.07) is 11.1. The molecule has 140 valence electrons. The summed E-state index contributed by atoms with van der Waals surface area (Å²) in [6.45, 7) is 4.66. The molecule has 0 saturated carbocycles. The van der Waals surface area contributed by atoms with Gasteiger partial charge < -0.3 is 15.6 Å². The number of benzene rings is 1. The first-order chi connectivity index (χ1) is 13.1. The summed E-state index contributed by atoms with van der Waals surface area (Å²) in [7, 11) is 0. The number of aryl methyl sites for hydroxylation is 3. The lowest BCUT2D eigenvalue weighted by molar-refractivity contribution is 0.262. The zero-order chi connectivity index (χ0) is 19.1. The molecule has 7 heteroatoms. The average molecular weight is 364 g/mol. The molecule has 1 aromatic carbocycles. The summed E-state index contributed by atoms with van der Waals surface area (Å²) in [5, 5.41) is 8.74. The Kier molecular flexibility index (Phi) is 6.04. The number of amides is 2. The van der Waals surface area contributed by atoms with Crippen molar-refractivity contribution in [1.29, 1.82) is 0 Å². The first-order valence-corrected chi connectivity index (χ1v) is 8.94. The van der Waals surface area contributed by atoms with E-state index in [1.807, 2.05) is 56.6 Å². The maximum absolute atomic E-state index is 12.2. The average Bonchev–Trinajstić information content (AvgIpc) is 3.14. The van der Waals surface area contributed by atoms with E-state index < -0.39 is 0 Å². The molecule has 0 saturated heterocycles. The lowest BCUT2D eigenvalue weighted by Crippen LogP contribution is -2.21. The van der Waals surface area contributed by atoms with Gasteiger partial charge in [0.2, 0.25) is 5.95 Å². The fourth-order valence-electron chi connectivity index (χ4n) is 2.64. The minimum atomic E-state index is -0.372. The third kappa shape index (κ3) is 5.85. The Labute approximate surface area is 158 Å². The van der Waals surface area contributed by atoms with Crippen molar-refractivity contribution >= 4 is 23.5 Å². The molecule has 0 unspecified atom stereocenters. The molecule has 0 aliphatic rings. The number of aromatic nitrogens is 3. The maximum Gasteiger partial charge on any atom is 0.326 e. The Morgan fingerprint density at radius 1 is 1.07 bits per heavy atom. The highest BCUT2D eigenvalue weighted by molar-refractivity contribution is 5.98. The van der Waals surface area contributed by atoms with Gasteiger partial charge in [0.1, 0.15) is 5.82 Å². The number of carbonyl (C=O) groups excluding carboxylic acids is 1. The van der Waals surface area contributed by atoms with Crippen LogP contribution in [-0.4, -0.2) is 27.5 Å². The van der Waals surface area contributed by atoms with Gasteiger partial charge >= 0.3 is 6.03 Å². The lowest BCUT2D eigenvalue weighted by Gasteiger charge is -2.10. The van der Waals surface area contributed by atoms with Crippen molar-refractivity contribution in [2.75, 3.05) is 22.5 Å². The number of hydrogen-bond acceptors (Lipinski definition) is 4. The highest BCUT2D eigenvalue weighted by atomic mass is 16.2. The number of rotatable bonds is 7. The van der Waals surface area contributed by atoms with Gasteiger partial charge in [-0.05, 0) is 50.5 Å². The van der Waals surface area contributed by atoms with E-state index in [-0.39, 0.29) is 12.0 Å². The Hall–Kier alpha value is -3.35. The maximum atomic E-state index is 12.2. The van der Waals surface area contributed by atoms with Gasteiger partial charge in [0, 0.05) is 36.4 Å². The lowest BCUT2D eigenvalue weighted by atomic mass is 10.2. The Bertz CT molecular complexity index is 874. The van der Waals surface area contributed by atoms with Gasteiger partial charge in [0.05, 0.1) is 0 Å². The smallest absolute Gasteiger partial charge is 0.326 e. The summed E-state index contributed by atoms with van der Waals surface area (Å²) in [5.74, 6) is 0.968. The highest BCUT2D eigenvalue weighted by Crippen LogP contribution is 2.12. The molecule has 27 heavy (non-hydrogen) atoms. The van der Waals surface area contributed by atoms with E-state index >= 15 is 0 Å². The van der Waals surface area contributed by atoms with Crippen LogP contribution in [0.2, 0.25) is 0 Å². The zero-order valence-electron chi connectivity index (χ0n) is 15.5. The van der Waals surface area contributed by atoms with Crippen molar-refractivity contribution in [2.45, 2.75) is 26.7 Å². The van der Waals surface area contributed by atoms with Crippen LogP contribution < -0.4 is 16.0 Å². The van der Waals surface area contributed by atoms with E-state index in [2.05, 4.69) is 37.0 Å². The van der Waals surface area contributed by atoms with Crippen molar-refractivity contribution in [3.63, 3.8) is 0 Å². The monoisotopic (exact) mass is 364 g/mol. The van der Waals surface area contributed by atoms with E-state index in [4.69, 9.17) is 0 Å². The predicted octanol–water partition coefficient (Wildman–Crippen LogP) is 4.11.